The number of benzene rings is 1. The molecule has 33 heavy (non-hydrogen) atoms. The Kier molecular flexibility index (Phi) is 5.86. The number of nitrogens with zero attached hydrogens (tertiary/aromatic N) is 2. The van der Waals surface area contributed by atoms with Crippen molar-refractivity contribution in [1.82, 2.24) is 10.2 Å². The molecule has 2 aromatic rings. The zero-order valence-electron chi connectivity index (χ0n) is 17.7. The van der Waals surface area contributed by atoms with Crippen LogP contribution in [-0.2, 0) is 23.5 Å². The monoisotopic (exact) mass is 523 g/mol. The number of amides is 1. The van der Waals surface area contributed by atoms with Crippen LogP contribution in [0.25, 0.3) is 0 Å². The summed E-state index contributed by atoms with van der Waals surface area (Å²) < 4.78 is 56.3. The summed E-state index contributed by atoms with van der Waals surface area (Å²) in [7, 11) is 0. The lowest BCUT2D eigenvalue weighted by Gasteiger charge is -2.30. The number of halogens is 6. The smallest absolute Gasteiger partial charge is 0.372 e. The highest BCUT2D eigenvalue weighted by molar-refractivity contribution is 7.14. The van der Waals surface area contributed by atoms with Crippen molar-refractivity contribution in [1.29, 1.82) is 0 Å². The van der Waals surface area contributed by atoms with E-state index in [-0.39, 0.29) is 23.8 Å². The van der Waals surface area contributed by atoms with E-state index in [1.807, 2.05) is 20.8 Å². The molecule has 5 nitrogen and oxygen atoms in total. The predicted octanol–water partition coefficient (Wildman–Crippen LogP) is 6.23. The molecule has 0 saturated carbocycles. The van der Waals surface area contributed by atoms with Crippen LogP contribution in [0.2, 0.25) is 10.0 Å². The average Bonchev–Trinajstić information content (AvgIpc) is 3.36. The van der Waals surface area contributed by atoms with E-state index in [1.54, 1.807) is 11.0 Å². The zero-order valence-corrected chi connectivity index (χ0v) is 20.1. The first kappa shape index (κ1) is 24.1. The molecule has 2 aliphatic heterocycles. The zero-order chi connectivity index (χ0) is 24.3. The first-order valence-corrected chi connectivity index (χ1v) is 11.4. The van der Waals surface area contributed by atoms with Gasteiger partial charge in [-0.15, -0.1) is 11.3 Å². The molecular weight excluding hydrogens is 505 g/mol. The third-order valence-corrected chi connectivity index (χ3v) is 7.00. The van der Waals surface area contributed by atoms with Crippen LogP contribution in [-0.4, -0.2) is 28.4 Å². The Hall–Kier alpha value is -2.04. The Balaban J connectivity index is 1.54. The summed E-state index contributed by atoms with van der Waals surface area (Å²) in [5.74, 6) is -1.11. The van der Waals surface area contributed by atoms with Crippen molar-refractivity contribution in [2.45, 2.75) is 57.6 Å². The molecule has 12 heteroatoms. The number of rotatable bonds is 2. The first-order valence-electron chi connectivity index (χ1n) is 9.86. The number of nitrogens with one attached hydrogen (secondary N) is 1. The molecule has 4 rings (SSSR count). The highest BCUT2D eigenvalue weighted by Gasteiger charge is 2.63. The molecule has 1 aromatic carbocycles. The molecule has 0 radical (unpaired) electrons. The van der Waals surface area contributed by atoms with Crippen LogP contribution in [0.4, 0.5) is 17.6 Å². The van der Waals surface area contributed by atoms with Crippen molar-refractivity contribution in [2.75, 3.05) is 0 Å². The van der Waals surface area contributed by atoms with Gasteiger partial charge in [-0.25, -0.2) is 4.39 Å². The Morgan fingerprint density at radius 1 is 1.18 bits per heavy atom. The second-order valence-electron chi connectivity index (χ2n) is 8.97. The summed E-state index contributed by atoms with van der Waals surface area (Å²) in [6, 6.07) is 3.46. The van der Waals surface area contributed by atoms with Crippen molar-refractivity contribution in [3.8, 4) is 0 Å². The molecular formula is C21H19Cl2F4N3O2S. The first-order chi connectivity index (χ1) is 15.2. The van der Waals surface area contributed by atoms with E-state index in [0.29, 0.717) is 11.4 Å². The van der Waals surface area contributed by atoms with E-state index < -0.39 is 39.6 Å². The van der Waals surface area contributed by atoms with Crippen LogP contribution in [0.3, 0.4) is 0 Å². The van der Waals surface area contributed by atoms with Gasteiger partial charge in [0.15, 0.2) is 5.82 Å². The maximum Gasteiger partial charge on any atom is 0.435 e. The molecule has 1 atom stereocenters. The average molecular weight is 524 g/mol. The minimum absolute atomic E-state index is 0.0907. The number of hydrogen-bond donors (Lipinski definition) is 1. The van der Waals surface area contributed by atoms with Crippen molar-refractivity contribution in [3.05, 3.63) is 54.9 Å². The SMILES string of the molecule is CC(C)(C)NC(=O)c1cc2c(s1)CN(C1=NOC(c3cc(Cl)c(F)c(Cl)c3)(C(F)(F)F)C1)C2. The van der Waals surface area contributed by atoms with Crippen molar-refractivity contribution in [2.24, 2.45) is 5.16 Å². The summed E-state index contributed by atoms with van der Waals surface area (Å²) in [5.41, 5.74) is -2.81. The van der Waals surface area contributed by atoms with Crippen LogP contribution in [0, 0.1) is 5.82 Å². The molecule has 0 saturated heterocycles. The van der Waals surface area contributed by atoms with E-state index in [4.69, 9.17) is 28.0 Å². The van der Waals surface area contributed by atoms with E-state index in [1.165, 1.54) is 11.3 Å². The van der Waals surface area contributed by atoms with Gasteiger partial charge in [-0.1, -0.05) is 28.4 Å². The van der Waals surface area contributed by atoms with Crippen molar-refractivity contribution in [3.63, 3.8) is 0 Å². The molecule has 0 spiro atoms. The lowest BCUT2D eigenvalue weighted by atomic mass is 9.89. The fraction of sp³-hybridized carbons (Fsp3) is 0.429. The fourth-order valence-electron chi connectivity index (χ4n) is 3.71. The number of alkyl halides is 3. The molecule has 1 N–H and O–H groups in total. The molecule has 3 heterocycles. The van der Waals surface area contributed by atoms with Gasteiger partial charge in [-0.05, 0) is 44.5 Å². The summed E-state index contributed by atoms with van der Waals surface area (Å²) in [6.07, 6.45) is -5.49. The fourth-order valence-corrected chi connectivity index (χ4v) is 5.28. The van der Waals surface area contributed by atoms with Crippen LogP contribution in [0.5, 0.6) is 0 Å². The third-order valence-electron chi connectivity index (χ3n) is 5.29. The topological polar surface area (TPSA) is 53.9 Å². The van der Waals surface area contributed by atoms with Gasteiger partial charge in [-0.2, -0.15) is 13.2 Å². The summed E-state index contributed by atoms with van der Waals surface area (Å²) in [6.45, 7) is 6.21. The summed E-state index contributed by atoms with van der Waals surface area (Å²) in [4.78, 5) is 20.5. The molecule has 178 valence electrons. The van der Waals surface area contributed by atoms with E-state index in [9.17, 15) is 22.4 Å². The number of carbonyl (C=O) groups is 1. The van der Waals surface area contributed by atoms with Gasteiger partial charge >= 0.3 is 6.18 Å². The molecule has 1 aromatic heterocycles. The minimum atomic E-state index is -4.87. The third kappa shape index (κ3) is 4.40. The van der Waals surface area contributed by atoms with Gasteiger partial charge in [0, 0.05) is 22.5 Å². The number of carbonyl (C=O) groups excluding carboxylic acids is 1. The Bertz CT molecular complexity index is 1110. The van der Waals surface area contributed by atoms with Gasteiger partial charge < -0.3 is 15.1 Å². The minimum Gasteiger partial charge on any atom is -0.372 e. The van der Waals surface area contributed by atoms with Gasteiger partial charge in [-0.3, -0.25) is 4.79 Å². The second-order valence-corrected chi connectivity index (χ2v) is 10.9. The Labute approximate surface area is 201 Å². The van der Waals surface area contributed by atoms with E-state index >= 15 is 0 Å². The van der Waals surface area contributed by atoms with Crippen molar-refractivity contribution >= 4 is 46.3 Å². The maximum absolute atomic E-state index is 14.2. The number of amidine groups is 1. The molecule has 1 unspecified atom stereocenters. The summed E-state index contributed by atoms with van der Waals surface area (Å²) >= 11 is 12.8. The molecule has 1 amide bonds. The molecule has 0 aliphatic carbocycles. The van der Waals surface area contributed by atoms with Crippen LogP contribution >= 0.6 is 34.5 Å². The van der Waals surface area contributed by atoms with Crippen LogP contribution in [0.15, 0.2) is 23.4 Å². The number of fused-ring (bicyclic) bond motifs is 1. The quantitative estimate of drug-likeness (QED) is 0.375. The lowest BCUT2D eigenvalue weighted by Crippen LogP contribution is -2.44. The number of hydrogen-bond acceptors (Lipinski definition) is 5. The highest BCUT2D eigenvalue weighted by Crippen LogP contribution is 2.50. The Morgan fingerprint density at radius 3 is 2.36 bits per heavy atom. The van der Waals surface area contributed by atoms with Crippen molar-refractivity contribution < 1.29 is 27.2 Å². The van der Waals surface area contributed by atoms with Gasteiger partial charge in [0.05, 0.1) is 27.9 Å². The van der Waals surface area contributed by atoms with Crippen LogP contribution in [0.1, 0.15) is 52.9 Å². The molecule has 0 fully saturated rings. The summed E-state index contributed by atoms with van der Waals surface area (Å²) in [5, 5.41) is 5.54. The maximum atomic E-state index is 14.2. The van der Waals surface area contributed by atoms with E-state index in [0.717, 1.165) is 22.6 Å². The normalized spacial score (nSPS) is 20.5. The Morgan fingerprint density at radius 2 is 1.82 bits per heavy atom. The predicted molar refractivity (Wildman–Crippen MR) is 118 cm³/mol. The van der Waals surface area contributed by atoms with E-state index in [2.05, 4.69) is 10.5 Å². The van der Waals surface area contributed by atoms with Gasteiger partial charge in [0.25, 0.3) is 11.5 Å². The van der Waals surface area contributed by atoms with Gasteiger partial charge in [0.2, 0.25) is 0 Å². The lowest BCUT2D eigenvalue weighted by molar-refractivity contribution is -0.275. The highest BCUT2D eigenvalue weighted by atomic mass is 35.5. The number of thiophene rings is 1. The number of oxime groups is 1. The molecule has 0 bridgehead atoms. The second kappa shape index (κ2) is 8.02. The van der Waals surface area contributed by atoms with Gasteiger partial charge in [0.1, 0.15) is 5.84 Å². The standard InChI is InChI=1S/C21H19Cl2F4N3O2S/c1-19(2,3)28-18(31)14-4-10-8-30(9-15(10)33-14)16-7-20(32-29-16,21(25,26)27)11-5-12(22)17(24)13(23)6-11/h4-6H,7-9H2,1-3H3,(H,28,31). The largest absolute Gasteiger partial charge is 0.435 e. The molecule has 2 aliphatic rings. The van der Waals surface area contributed by atoms with Crippen LogP contribution < -0.4 is 5.32 Å².